The summed E-state index contributed by atoms with van der Waals surface area (Å²) in [5.74, 6) is 1.32. The summed E-state index contributed by atoms with van der Waals surface area (Å²) < 4.78 is 10.8. The number of hydrogen-bond donors (Lipinski definition) is 1. The minimum Gasteiger partial charge on any atom is -0.497 e. The normalized spacial score (nSPS) is 13.4. The summed E-state index contributed by atoms with van der Waals surface area (Å²) in [6.07, 6.45) is 2.52. The quantitative estimate of drug-likeness (QED) is 0.552. The lowest BCUT2D eigenvalue weighted by atomic mass is 10.2. The molecule has 8 heteroatoms. The highest BCUT2D eigenvalue weighted by molar-refractivity contribution is 7.99. The van der Waals surface area contributed by atoms with Crippen molar-refractivity contribution in [2.75, 3.05) is 30.9 Å². The molecular weight excluding hydrogens is 400 g/mol. The number of carbonyl (C=O) groups is 1. The van der Waals surface area contributed by atoms with Gasteiger partial charge in [0.05, 0.1) is 12.9 Å². The number of methoxy groups -OCH3 is 1. The zero-order valence-corrected chi connectivity index (χ0v) is 17.7. The molecule has 1 aliphatic heterocycles. The number of aromatic nitrogens is 2. The zero-order chi connectivity index (χ0) is 20.8. The lowest BCUT2D eigenvalue weighted by Gasteiger charge is -2.17. The summed E-state index contributed by atoms with van der Waals surface area (Å²) in [4.78, 5) is 14.6. The summed E-state index contributed by atoms with van der Waals surface area (Å²) in [6.45, 7) is 2.76. The molecule has 1 saturated heterocycles. The Labute approximate surface area is 179 Å². The van der Waals surface area contributed by atoms with E-state index in [2.05, 4.69) is 44.7 Å². The van der Waals surface area contributed by atoms with Gasteiger partial charge in [-0.05, 0) is 54.8 Å². The van der Waals surface area contributed by atoms with Crippen molar-refractivity contribution in [2.24, 2.45) is 0 Å². The molecule has 0 radical (unpaired) electrons. The average molecular weight is 425 g/mol. The third-order valence-electron chi connectivity index (χ3n) is 4.97. The van der Waals surface area contributed by atoms with Gasteiger partial charge < -0.3 is 19.4 Å². The summed E-state index contributed by atoms with van der Waals surface area (Å²) in [6, 6.07) is 15.8. The smallest absolute Gasteiger partial charge is 0.277 e. The van der Waals surface area contributed by atoms with E-state index in [4.69, 9.17) is 9.15 Å². The molecule has 0 aliphatic carbocycles. The van der Waals surface area contributed by atoms with Crippen LogP contribution >= 0.6 is 11.8 Å². The second-order valence-electron chi connectivity index (χ2n) is 7.03. The van der Waals surface area contributed by atoms with Crippen molar-refractivity contribution < 1.29 is 13.9 Å². The molecule has 1 amide bonds. The van der Waals surface area contributed by atoms with E-state index < -0.39 is 0 Å². The van der Waals surface area contributed by atoms with Crippen molar-refractivity contribution in [1.29, 1.82) is 0 Å². The first-order valence-corrected chi connectivity index (χ1v) is 10.9. The number of anilines is 1. The van der Waals surface area contributed by atoms with E-state index in [0.29, 0.717) is 17.7 Å². The predicted molar refractivity (Wildman–Crippen MR) is 117 cm³/mol. The van der Waals surface area contributed by atoms with Gasteiger partial charge >= 0.3 is 0 Å². The number of carbonyl (C=O) groups excluding carboxylic acids is 1. The highest BCUT2D eigenvalue weighted by Crippen LogP contribution is 2.25. The molecule has 0 atom stereocenters. The number of nitrogens with zero attached hydrogens (tertiary/aromatic N) is 3. The number of amides is 1. The van der Waals surface area contributed by atoms with E-state index in [0.717, 1.165) is 30.0 Å². The maximum atomic E-state index is 12.2. The van der Waals surface area contributed by atoms with Crippen molar-refractivity contribution in [2.45, 2.75) is 24.6 Å². The summed E-state index contributed by atoms with van der Waals surface area (Å²) in [5, 5.41) is 11.3. The molecular formula is C22H24N4O3S. The van der Waals surface area contributed by atoms with Gasteiger partial charge in [-0.1, -0.05) is 23.9 Å². The fraction of sp³-hybridized carbons (Fsp3) is 0.318. The number of rotatable bonds is 8. The molecule has 1 aromatic heterocycles. The Kier molecular flexibility index (Phi) is 6.53. The van der Waals surface area contributed by atoms with Crippen LogP contribution in [-0.2, 0) is 11.3 Å². The lowest BCUT2D eigenvalue weighted by Crippen LogP contribution is -2.24. The average Bonchev–Trinajstić information content (AvgIpc) is 3.49. The van der Waals surface area contributed by atoms with Crippen molar-refractivity contribution in [1.82, 2.24) is 15.5 Å². The van der Waals surface area contributed by atoms with E-state index in [-0.39, 0.29) is 11.7 Å². The molecule has 1 aliphatic rings. The minimum atomic E-state index is -0.0761. The van der Waals surface area contributed by atoms with Gasteiger partial charge in [-0.2, -0.15) is 0 Å². The van der Waals surface area contributed by atoms with Crippen LogP contribution in [0, 0.1) is 0 Å². The molecule has 1 N–H and O–H groups in total. The minimum absolute atomic E-state index is 0.0761. The third kappa shape index (κ3) is 5.13. The second kappa shape index (κ2) is 9.67. The van der Waals surface area contributed by atoms with Crippen LogP contribution < -0.4 is 15.0 Å². The molecule has 1 fully saturated rings. The largest absolute Gasteiger partial charge is 0.497 e. The molecule has 2 heterocycles. The highest BCUT2D eigenvalue weighted by Gasteiger charge is 2.13. The van der Waals surface area contributed by atoms with E-state index >= 15 is 0 Å². The van der Waals surface area contributed by atoms with Crippen LogP contribution in [-0.4, -0.2) is 42.1 Å². The molecule has 0 spiro atoms. The van der Waals surface area contributed by atoms with E-state index in [1.54, 1.807) is 7.11 Å². The molecule has 30 heavy (non-hydrogen) atoms. The fourth-order valence-corrected chi connectivity index (χ4v) is 3.89. The van der Waals surface area contributed by atoms with Crippen molar-refractivity contribution >= 4 is 23.4 Å². The van der Waals surface area contributed by atoms with Gasteiger partial charge in [-0.15, -0.1) is 10.2 Å². The number of nitrogens with one attached hydrogen (secondary N) is 1. The Morgan fingerprint density at radius 3 is 2.53 bits per heavy atom. The van der Waals surface area contributed by atoms with E-state index in [9.17, 15) is 4.79 Å². The summed E-state index contributed by atoms with van der Waals surface area (Å²) in [7, 11) is 1.62. The highest BCUT2D eigenvalue weighted by atomic mass is 32.2. The van der Waals surface area contributed by atoms with Gasteiger partial charge in [0, 0.05) is 30.9 Å². The number of hydrogen-bond acceptors (Lipinski definition) is 7. The first kappa shape index (κ1) is 20.3. The predicted octanol–water partition coefficient (Wildman–Crippen LogP) is 3.75. The summed E-state index contributed by atoms with van der Waals surface area (Å²) >= 11 is 1.22. The van der Waals surface area contributed by atoms with Crippen molar-refractivity contribution in [3.63, 3.8) is 0 Å². The van der Waals surface area contributed by atoms with Crippen molar-refractivity contribution in [3.8, 4) is 17.2 Å². The Bertz CT molecular complexity index is 967. The first-order valence-electron chi connectivity index (χ1n) is 9.92. The van der Waals surface area contributed by atoms with Gasteiger partial charge in [0.2, 0.25) is 11.8 Å². The standard InChI is InChI=1S/C22H24N4O3S/c1-28-19-10-6-17(7-11-19)21-24-25-22(29-21)30-15-20(27)23-14-16-4-8-18(9-5-16)26-12-2-3-13-26/h4-11H,2-3,12-15H2,1H3,(H,23,27). The van der Waals surface area contributed by atoms with Gasteiger partial charge in [0.1, 0.15) is 5.75 Å². The third-order valence-corrected chi connectivity index (χ3v) is 5.79. The molecule has 2 aromatic carbocycles. The lowest BCUT2D eigenvalue weighted by molar-refractivity contribution is -0.118. The van der Waals surface area contributed by atoms with Crippen LogP contribution in [0.1, 0.15) is 18.4 Å². The maximum Gasteiger partial charge on any atom is 0.277 e. The first-order chi connectivity index (χ1) is 14.7. The topological polar surface area (TPSA) is 80.5 Å². The molecule has 7 nitrogen and oxygen atoms in total. The maximum absolute atomic E-state index is 12.2. The monoisotopic (exact) mass is 424 g/mol. The van der Waals surface area contributed by atoms with Crippen LogP contribution in [0.15, 0.2) is 58.2 Å². The zero-order valence-electron chi connectivity index (χ0n) is 16.8. The van der Waals surface area contributed by atoms with Crippen LogP contribution in [0.3, 0.4) is 0 Å². The molecule has 4 rings (SSSR count). The summed E-state index contributed by atoms with van der Waals surface area (Å²) in [5.41, 5.74) is 3.13. The van der Waals surface area contributed by atoms with Crippen LogP contribution in [0.25, 0.3) is 11.5 Å². The Morgan fingerprint density at radius 1 is 1.10 bits per heavy atom. The Morgan fingerprint density at radius 2 is 1.83 bits per heavy atom. The number of ether oxygens (including phenoxy) is 1. The van der Waals surface area contributed by atoms with Crippen LogP contribution in [0.5, 0.6) is 5.75 Å². The Balaban J connectivity index is 1.23. The molecule has 0 saturated carbocycles. The van der Waals surface area contributed by atoms with Gasteiger partial charge in [0.25, 0.3) is 5.22 Å². The van der Waals surface area contributed by atoms with Crippen molar-refractivity contribution in [3.05, 3.63) is 54.1 Å². The molecule has 0 unspecified atom stereocenters. The fourth-order valence-electron chi connectivity index (χ4n) is 3.30. The second-order valence-corrected chi connectivity index (χ2v) is 7.95. The van der Waals surface area contributed by atoms with Crippen LogP contribution in [0.2, 0.25) is 0 Å². The van der Waals surface area contributed by atoms with Gasteiger partial charge in [-0.3, -0.25) is 4.79 Å². The van der Waals surface area contributed by atoms with Crippen LogP contribution in [0.4, 0.5) is 5.69 Å². The molecule has 3 aromatic rings. The number of benzene rings is 2. The van der Waals surface area contributed by atoms with E-state index in [1.807, 2.05) is 24.3 Å². The van der Waals surface area contributed by atoms with Gasteiger partial charge in [0.15, 0.2) is 0 Å². The SMILES string of the molecule is COc1ccc(-c2nnc(SCC(=O)NCc3ccc(N4CCCC4)cc3)o2)cc1. The Hall–Kier alpha value is -3.00. The molecule has 0 bridgehead atoms. The van der Waals surface area contributed by atoms with E-state index in [1.165, 1.54) is 30.3 Å². The molecule has 156 valence electrons. The van der Waals surface area contributed by atoms with Gasteiger partial charge in [-0.25, -0.2) is 0 Å². The number of thioether (sulfide) groups is 1.